The molecule has 0 radical (unpaired) electrons. The number of hydrazine groups is 1. The van der Waals surface area contributed by atoms with Gasteiger partial charge in [0.25, 0.3) is 0 Å². The third-order valence-corrected chi connectivity index (χ3v) is 4.46. The van der Waals surface area contributed by atoms with Crippen LogP contribution in [0, 0.1) is 6.92 Å². The summed E-state index contributed by atoms with van der Waals surface area (Å²) in [6.45, 7) is 8.64. The van der Waals surface area contributed by atoms with Crippen LogP contribution in [-0.4, -0.2) is 51.5 Å². The lowest BCUT2D eigenvalue weighted by Crippen LogP contribution is -2.54. The molecule has 3 rings (SSSR count). The molecular weight excluding hydrogens is 252 g/mol. The van der Waals surface area contributed by atoms with Crippen molar-refractivity contribution in [3.05, 3.63) is 17.6 Å². The van der Waals surface area contributed by atoms with Gasteiger partial charge >= 0.3 is 0 Å². The van der Waals surface area contributed by atoms with Gasteiger partial charge in [-0.15, -0.1) is 0 Å². The van der Waals surface area contributed by atoms with Crippen molar-refractivity contribution in [1.29, 1.82) is 0 Å². The van der Waals surface area contributed by atoms with E-state index in [1.54, 1.807) is 0 Å². The van der Waals surface area contributed by atoms with Crippen LogP contribution in [0.15, 0.2) is 6.07 Å². The molecule has 0 bridgehead atoms. The first-order valence-corrected chi connectivity index (χ1v) is 7.45. The van der Waals surface area contributed by atoms with Gasteiger partial charge in [-0.25, -0.2) is 15.8 Å². The molecule has 110 valence electrons. The maximum atomic E-state index is 5.46. The van der Waals surface area contributed by atoms with E-state index in [0.29, 0.717) is 11.9 Å². The normalized spacial score (nSPS) is 27.6. The van der Waals surface area contributed by atoms with Gasteiger partial charge in [0.15, 0.2) is 0 Å². The molecule has 0 amide bonds. The Morgan fingerprint density at radius 3 is 3.05 bits per heavy atom. The van der Waals surface area contributed by atoms with Crippen LogP contribution in [0.4, 0.5) is 5.82 Å². The lowest BCUT2D eigenvalue weighted by molar-refractivity contribution is 0.0522. The van der Waals surface area contributed by atoms with Crippen molar-refractivity contribution in [2.75, 3.05) is 25.1 Å². The molecule has 2 fully saturated rings. The molecule has 6 heteroatoms. The highest BCUT2D eigenvalue weighted by atomic mass is 15.3. The average molecular weight is 276 g/mol. The Bertz CT molecular complexity index is 477. The first-order valence-electron chi connectivity index (χ1n) is 7.45. The zero-order valence-electron chi connectivity index (χ0n) is 12.3. The van der Waals surface area contributed by atoms with Gasteiger partial charge in [0.2, 0.25) is 0 Å². The Labute approximate surface area is 120 Å². The molecule has 3 heterocycles. The molecular formula is C14H24N6. The van der Waals surface area contributed by atoms with E-state index in [2.05, 4.69) is 32.1 Å². The fraction of sp³-hybridized carbons (Fsp3) is 0.714. The maximum absolute atomic E-state index is 5.46. The Kier molecular flexibility index (Phi) is 3.87. The molecule has 2 aliphatic heterocycles. The highest BCUT2D eigenvalue weighted by Crippen LogP contribution is 2.25. The quantitative estimate of drug-likeness (QED) is 0.627. The van der Waals surface area contributed by atoms with Gasteiger partial charge in [0.1, 0.15) is 11.6 Å². The van der Waals surface area contributed by atoms with Gasteiger partial charge in [-0.3, -0.25) is 9.80 Å². The van der Waals surface area contributed by atoms with E-state index in [1.807, 2.05) is 13.0 Å². The molecule has 1 aromatic heterocycles. The number of fused-ring (bicyclic) bond motifs is 1. The Hall–Kier alpha value is -1.24. The minimum absolute atomic E-state index is 0.558. The first kappa shape index (κ1) is 13.7. The van der Waals surface area contributed by atoms with Gasteiger partial charge in [-0.1, -0.05) is 0 Å². The zero-order valence-corrected chi connectivity index (χ0v) is 12.3. The molecule has 0 saturated carbocycles. The van der Waals surface area contributed by atoms with Crippen molar-refractivity contribution < 1.29 is 0 Å². The molecule has 2 atom stereocenters. The molecule has 2 saturated heterocycles. The largest absolute Gasteiger partial charge is 0.308 e. The number of piperazine rings is 1. The van der Waals surface area contributed by atoms with Crippen molar-refractivity contribution >= 4 is 5.82 Å². The highest BCUT2D eigenvalue weighted by Gasteiger charge is 2.34. The number of nitrogens with one attached hydrogen (secondary N) is 1. The van der Waals surface area contributed by atoms with E-state index in [-0.39, 0.29) is 0 Å². The number of hydrogen-bond acceptors (Lipinski definition) is 6. The van der Waals surface area contributed by atoms with Crippen LogP contribution in [0.25, 0.3) is 0 Å². The number of hydrogen-bond donors (Lipinski definition) is 2. The zero-order chi connectivity index (χ0) is 14.1. The second-order valence-corrected chi connectivity index (χ2v) is 6.02. The fourth-order valence-electron chi connectivity index (χ4n) is 3.42. The van der Waals surface area contributed by atoms with E-state index in [9.17, 15) is 0 Å². The second-order valence-electron chi connectivity index (χ2n) is 6.02. The number of rotatable bonds is 3. The van der Waals surface area contributed by atoms with Crippen molar-refractivity contribution in [3.8, 4) is 0 Å². The molecule has 3 N–H and O–H groups in total. The second kappa shape index (κ2) is 5.63. The fourth-order valence-corrected chi connectivity index (χ4v) is 3.42. The first-order chi connectivity index (χ1) is 9.65. The van der Waals surface area contributed by atoms with Crippen molar-refractivity contribution in [2.45, 2.75) is 45.3 Å². The topological polar surface area (TPSA) is 70.3 Å². The summed E-state index contributed by atoms with van der Waals surface area (Å²) in [6.07, 6.45) is 2.67. The Morgan fingerprint density at radius 2 is 2.25 bits per heavy atom. The Balaban J connectivity index is 1.72. The van der Waals surface area contributed by atoms with E-state index < -0.39 is 0 Å². The molecule has 2 unspecified atom stereocenters. The predicted molar refractivity (Wildman–Crippen MR) is 79.0 cm³/mol. The number of anilines is 1. The summed E-state index contributed by atoms with van der Waals surface area (Å²) in [4.78, 5) is 14.1. The van der Waals surface area contributed by atoms with E-state index in [0.717, 1.165) is 30.6 Å². The average Bonchev–Trinajstić information content (AvgIpc) is 2.85. The van der Waals surface area contributed by atoms with Gasteiger partial charge in [-0.2, -0.15) is 0 Å². The molecule has 6 nitrogen and oxygen atoms in total. The summed E-state index contributed by atoms with van der Waals surface area (Å²) in [5, 5.41) is 0. The number of aromatic nitrogens is 2. The SMILES string of the molecule is Cc1cc(NN)nc(CN2CC3CCCN3CC2C)n1. The minimum Gasteiger partial charge on any atom is -0.308 e. The van der Waals surface area contributed by atoms with E-state index in [1.165, 1.54) is 25.9 Å². The maximum Gasteiger partial charge on any atom is 0.145 e. The van der Waals surface area contributed by atoms with Gasteiger partial charge in [0, 0.05) is 36.9 Å². The summed E-state index contributed by atoms with van der Waals surface area (Å²) >= 11 is 0. The van der Waals surface area contributed by atoms with Crippen LogP contribution in [0.1, 0.15) is 31.3 Å². The van der Waals surface area contributed by atoms with Crippen LogP contribution in [0.5, 0.6) is 0 Å². The minimum atomic E-state index is 0.558. The molecule has 0 aliphatic carbocycles. The number of aryl methyl sites for hydroxylation is 1. The molecule has 1 aromatic rings. The van der Waals surface area contributed by atoms with Crippen molar-refractivity contribution in [1.82, 2.24) is 19.8 Å². The highest BCUT2D eigenvalue weighted by molar-refractivity contribution is 5.33. The third kappa shape index (κ3) is 2.77. The number of nitrogen functional groups attached to an aromatic ring is 1. The van der Waals surface area contributed by atoms with Crippen LogP contribution >= 0.6 is 0 Å². The number of nitrogens with zero attached hydrogens (tertiary/aromatic N) is 4. The summed E-state index contributed by atoms with van der Waals surface area (Å²) in [7, 11) is 0. The smallest absolute Gasteiger partial charge is 0.145 e. The molecule has 0 aromatic carbocycles. The van der Waals surface area contributed by atoms with Crippen molar-refractivity contribution in [3.63, 3.8) is 0 Å². The van der Waals surface area contributed by atoms with Crippen molar-refractivity contribution in [2.24, 2.45) is 5.84 Å². The lowest BCUT2D eigenvalue weighted by atomic mass is 10.1. The van der Waals surface area contributed by atoms with Crippen LogP contribution in [0.2, 0.25) is 0 Å². The van der Waals surface area contributed by atoms with Crippen LogP contribution in [0.3, 0.4) is 0 Å². The summed E-state index contributed by atoms with van der Waals surface area (Å²) in [5.41, 5.74) is 3.57. The van der Waals surface area contributed by atoms with Crippen LogP contribution in [-0.2, 0) is 6.54 Å². The molecule has 2 aliphatic rings. The summed E-state index contributed by atoms with van der Waals surface area (Å²) < 4.78 is 0. The Morgan fingerprint density at radius 1 is 1.40 bits per heavy atom. The number of nitrogens with two attached hydrogens (primary N) is 1. The standard InChI is InChI=1S/C14H24N6/c1-10-6-13(18-15)17-14(16-10)9-20-8-12-4-3-5-19(12)7-11(20)2/h6,11-12H,3-5,7-9,15H2,1-2H3,(H,16,17,18). The lowest BCUT2D eigenvalue weighted by Gasteiger charge is -2.42. The molecule has 20 heavy (non-hydrogen) atoms. The van der Waals surface area contributed by atoms with Gasteiger partial charge in [-0.05, 0) is 33.2 Å². The van der Waals surface area contributed by atoms with Crippen LogP contribution < -0.4 is 11.3 Å². The molecule has 0 spiro atoms. The summed E-state index contributed by atoms with van der Waals surface area (Å²) in [6, 6.07) is 3.15. The van der Waals surface area contributed by atoms with Gasteiger partial charge in [0.05, 0.1) is 6.54 Å². The van der Waals surface area contributed by atoms with Gasteiger partial charge < -0.3 is 5.43 Å². The third-order valence-electron chi connectivity index (χ3n) is 4.46. The van der Waals surface area contributed by atoms with E-state index >= 15 is 0 Å². The monoisotopic (exact) mass is 276 g/mol. The summed E-state index contributed by atoms with van der Waals surface area (Å²) in [5.74, 6) is 7.01. The predicted octanol–water partition coefficient (Wildman–Crippen LogP) is 0.739. The van der Waals surface area contributed by atoms with E-state index in [4.69, 9.17) is 5.84 Å².